The van der Waals surface area contributed by atoms with E-state index in [1.165, 1.54) is 10.8 Å². The molecule has 2 aromatic carbocycles. The summed E-state index contributed by atoms with van der Waals surface area (Å²) in [5, 5.41) is 10.9. The number of ether oxygens (including phenoxy) is 2. The average molecular weight is 485 g/mol. The van der Waals surface area contributed by atoms with Crippen LogP contribution in [0.25, 0.3) is 0 Å². The molecular formula is C24H24N2O5S2. The number of aromatic nitrogens is 1. The Morgan fingerprint density at radius 2 is 1.76 bits per heavy atom. The Bertz CT molecular complexity index is 1180. The van der Waals surface area contributed by atoms with Crippen molar-refractivity contribution in [1.82, 2.24) is 4.57 Å². The second-order valence-corrected chi connectivity index (χ2v) is 8.58. The summed E-state index contributed by atoms with van der Waals surface area (Å²) >= 11 is 6.60. The number of carbonyl (C=O) groups is 2. The summed E-state index contributed by atoms with van der Waals surface area (Å²) in [5.41, 5.74) is 1.93. The molecule has 0 amide bonds. The van der Waals surface area contributed by atoms with Crippen LogP contribution in [0.1, 0.15) is 40.7 Å². The monoisotopic (exact) mass is 484 g/mol. The molecule has 33 heavy (non-hydrogen) atoms. The van der Waals surface area contributed by atoms with Crippen molar-refractivity contribution in [2.75, 3.05) is 13.2 Å². The first-order valence-corrected chi connectivity index (χ1v) is 11.6. The quantitative estimate of drug-likeness (QED) is 0.253. The second kappa shape index (κ2) is 11.5. The number of aromatic hydroxyl groups is 1. The van der Waals surface area contributed by atoms with Crippen molar-refractivity contribution in [2.24, 2.45) is 4.99 Å². The first kappa shape index (κ1) is 24.3. The van der Waals surface area contributed by atoms with E-state index in [-0.39, 0.29) is 12.5 Å². The van der Waals surface area contributed by atoms with Gasteiger partial charge in [0.2, 0.25) is 5.88 Å². The lowest BCUT2D eigenvalue weighted by atomic mass is 10.1. The molecule has 0 aliphatic heterocycles. The number of hydrogen-bond donors (Lipinski definition) is 1. The predicted molar refractivity (Wildman–Crippen MR) is 130 cm³/mol. The topological polar surface area (TPSA) is 90.1 Å². The molecule has 1 unspecified atom stereocenters. The van der Waals surface area contributed by atoms with Crippen LogP contribution in [0.3, 0.4) is 0 Å². The normalized spacial score (nSPS) is 11.9. The maximum Gasteiger partial charge on any atom is 0.338 e. The molecule has 0 saturated heterocycles. The zero-order valence-corrected chi connectivity index (χ0v) is 19.9. The Kier molecular flexibility index (Phi) is 8.51. The number of benzene rings is 2. The van der Waals surface area contributed by atoms with Crippen molar-refractivity contribution >= 4 is 47.4 Å². The van der Waals surface area contributed by atoms with Gasteiger partial charge in [0, 0.05) is 6.42 Å². The Morgan fingerprint density at radius 1 is 1.09 bits per heavy atom. The minimum Gasteiger partial charge on any atom is -0.493 e. The largest absolute Gasteiger partial charge is 0.493 e. The van der Waals surface area contributed by atoms with Crippen LogP contribution >= 0.6 is 23.6 Å². The number of nitrogens with zero attached hydrogens (tertiary/aromatic N) is 2. The first-order chi connectivity index (χ1) is 15.9. The molecule has 1 heterocycles. The van der Waals surface area contributed by atoms with Gasteiger partial charge in [-0.3, -0.25) is 9.56 Å². The molecule has 172 valence electrons. The minimum absolute atomic E-state index is 0.147. The summed E-state index contributed by atoms with van der Waals surface area (Å²) in [6.45, 7) is 4.00. The van der Waals surface area contributed by atoms with E-state index in [0.717, 1.165) is 16.9 Å². The smallest absolute Gasteiger partial charge is 0.338 e. The van der Waals surface area contributed by atoms with Gasteiger partial charge in [0.1, 0.15) is 10.9 Å². The Morgan fingerprint density at radius 3 is 2.39 bits per heavy atom. The number of carbonyl (C=O) groups excluding carboxylic acids is 2. The molecular weight excluding hydrogens is 460 g/mol. The van der Waals surface area contributed by atoms with E-state index in [2.05, 4.69) is 4.99 Å². The fourth-order valence-electron chi connectivity index (χ4n) is 3.14. The van der Waals surface area contributed by atoms with Gasteiger partial charge >= 0.3 is 11.9 Å². The van der Waals surface area contributed by atoms with Crippen LogP contribution < -0.4 is 0 Å². The van der Waals surface area contributed by atoms with E-state index in [0.29, 0.717) is 33.1 Å². The van der Waals surface area contributed by atoms with Crippen molar-refractivity contribution < 1.29 is 24.2 Å². The van der Waals surface area contributed by atoms with Gasteiger partial charge in [0.25, 0.3) is 0 Å². The van der Waals surface area contributed by atoms with Crippen molar-refractivity contribution in [3.63, 3.8) is 0 Å². The van der Waals surface area contributed by atoms with Crippen molar-refractivity contribution in [3.8, 4) is 5.88 Å². The fourth-order valence-corrected chi connectivity index (χ4v) is 4.42. The highest BCUT2D eigenvalue weighted by Gasteiger charge is 2.27. The highest BCUT2D eigenvalue weighted by molar-refractivity contribution is 7.73. The molecule has 3 rings (SSSR count). The van der Waals surface area contributed by atoms with Crippen LogP contribution in [0, 0.1) is 3.95 Å². The van der Waals surface area contributed by atoms with Gasteiger partial charge in [-0.05, 0) is 55.9 Å². The Labute approximate surface area is 200 Å². The Hall–Kier alpha value is -3.30. The van der Waals surface area contributed by atoms with Crippen LogP contribution in [0.4, 0.5) is 5.69 Å². The van der Waals surface area contributed by atoms with E-state index in [1.54, 1.807) is 38.1 Å². The molecule has 7 nitrogen and oxygen atoms in total. The molecule has 0 fully saturated rings. The number of aliphatic imine (C=N–C) groups is 1. The zero-order chi connectivity index (χ0) is 23.8. The van der Waals surface area contributed by atoms with E-state index in [9.17, 15) is 14.7 Å². The lowest BCUT2D eigenvalue weighted by molar-refractivity contribution is -0.147. The van der Waals surface area contributed by atoms with Gasteiger partial charge in [-0.1, -0.05) is 41.7 Å². The van der Waals surface area contributed by atoms with E-state index < -0.39 is 18.0 Å². The minimum atomic E-state index is -0.804. The predicted octanol–water partition coefficient (Wildman–Crippen LogP) is 5.26. The van der Waals surface area contributed by atoms with E-state index >= 15 is 0 Å². The highest BCUT2D eigenvalue weighted by atomic mass is 32.1. The summed E-state index contributed by atoms with van der Waals surface area (Å²) in [6, 6.07) is 15.3. The fraction of sp³-hybridized carbons (Fsp3) is 0.250. The van der Waals surface area contributed by atoms with Gasteiger partial charge in [-0.25, -0.2) is 9.59 Å². The average Bonchev–Trinajstić information content (AvgIpc) is 3.10. The molecule has 9 heteroatoms. The van der Waals surface area contributed by atoms with Gasteiger partial charge in [0.15, 0.2) is 3.95 Å². The molecule has 0 bridgehead atoms. The third kappa shape index (κ3) is 6.15. The third-order valence-electron chi connectivity index (χ3n) is 4.69. The van der Waals surface area contributed by atoms with E-state index in [1.807, 2.05) is 30.3 Å². The number of rotatable bonds is 9. The standard InChI is InChI=1S/C24H24N2O5S2/c1-3-30-22(28)17-10-12-18(13-11-17)25-15-20-21(27)26(24(32)33-20)19(23(29)31-4-2)14-16-8-6-5-7-9-16/h5-13,15,19,27H,3-4,14H2,1-2H3. The lowest BCUT2D eigenvalue weighted by Gasteiger charge is -2.18. The van der Waals surface area contributed by atoms with E-state index in [4.69, 9.17) is 21.7 Å². The summed E-state index contributed by atoms with van der Waals surface area (Å²) in [5.74, 6) is -1.02. The van der Waals surface area contributed by atoms with Crippen LogP contribution in [0.15, 0.2) is 59.6 Å². The van der Waals surface area contributed by atoms with Gasteiger partial charge < -0.3 is 14.6 Å². The molecule has 0 saturated carbocycles. The summed E-state index contributed by atoms with van der Waals surface area (Å²) < 4.78 is 12.0. The van der Waals surface area contributed by atoms with Crippen molar-refractivity contribution in [3.05, 3.63) is 74.6 Å². The first-order valence-electron chi connectivity index (χ1n) is 10.4. The maximum absolute atomic E-state index is 12.7. The summed E-state index contributed by atoms with van der Waals surface area (Å²) in [6.07, 6.45) is 1.81. The number of esters is 2. The van der Waals surface area contributed by atoms with Crippen LogP contribution in [0.5, 0.6) is 5.88 Å². The van der Waals surface area contributed by atoms with Gasteiger partial charge in [-0.15, -0.1) is 0 Å². The number of thiazole rings is 1. The molecule has 0 radical (unpaired) electrons. The summed E-state index contributed by atoms with van der Waals surface area (Å²) in [7, 11) is 0. The van der Waals surface area contributed by atoms with Crippen LogP contribution in [-0.4, -0.2) is 41.0 Å². The molecule has 1 aromatic heterocycles. The molecule has 1 atom stereocenters. The lowest BCUT2D eigenvalue weighted by Crippen LogP contribution is -2.24. The van der Waals surface area contributed by atoms with Gasteiger partial charge in [-0.2, -0.15) is 0 Å². The molecule has 1 N–H and O–H groups in total. The maximum atomic E-state index is 12.7. The number of hydrogen-bond acceptors (Lipinski definition) is 8. The van der Waals surface area contributed by atoms with Gasteiger partial charge in [0.05, 0.1) is 30.7 Å². The zero-order valence-electron chi connectivity index (χ0n) is 18.3. The third-order valence-corrected chi connectivity index (χ3v) is 6.02. The highest BCUT2D eigenvalue weighted by Crippen LogP contribution is 2.31. The second-order valence-electron chi connectivity index (χ2n) is 6.91. The molecule has 0 aliphatic rings. The molecule has 0 spiro atoms. The molecule has 0 aliphatic carbocycles. The summed E-state index contributed by atoms with van der Waals surface area (Å²) in [4.78, 5) is 29.3. The van der Waals surface area contributed by atoms with Crippen molar-refractivity contribution in [1.29, 1.82) is 0 Å². The molecule has 3 aromatic rings. The van der Waals surface area contributed by atoms with Crippen molar-refractivity contribution in [2.45, 2.75) is 26.3 Å². The Balaban J connectivity index is 1.87. The van der Waals surface area contributed by atoms with Crippen LogP contribution in [0.2, 0.25) is 0 Å². The SMILES string of the molecule is CCOC(=O)c1ccc(N=Cc2sc(=S)n(C(Cc3ccccc3)C(=O)OCC)c2O)cc1. The van der Waals surface area contributed by atoms with Crippen LogP contribution in [-0.2, 0) is 20.7 Å².